The Kier molecular flexibility index (Phi) is 7.23. The third-order valence-electron chi connectivity index (χ3n) is 5.96. The number of ether oxygens (including phenoxy) is 2. The van der Waals surface area contributed by atoms with E-state index in [1.54, 1.807) is 7.11 Å². The van der Waals surface area contributed by atoms with Crippen molar-refractivity contribution in [2.24, 2.45) is 0 Å². The molecule has 1 atom stereocenters. The smallest absolute Gasteiger partial charge is 0.161 e. The van der Waals surface area contributed by atoms with E-state index in [-0.39, 0.29) is 6.04 Å². The summed E-state index contributed by atoms with van der Waals surface area (Å²) in [6, 6.07) is 25.5. The molecule has 1 heterocycles. The lowest BCUT2D eigenvalue weighted by atomic mass is 9.93. The van der Waals surface area contributed by atoms with Gasteiger partial charge in [-0.1, -0.05) is 60.7 Å². The van der Waals surface area contributed by atoms with Crippen molar-refractivity contribution < 1.29 is 9.47 Å². The number of methoxy groups -OCH3 is 1. The number of benzene rings is 3. The summed E-state index contributed by atoms with van der Waals surface area (Å²) in [6.45, 7) is 6.90. The number of hydrogen-bond acceptors (Lipinski definition) is 4. The Bertz CT molecular complexity index is 966. The van der Waals surface area contributed by atoms with Crippen LogP contribution < -0.4 is 14.8 Å². The molecule has 162 valence electrons. The molecule has 0 aliphatic carbocycles. The van der Waals surface area contributed by atoms with Crippen molar-refractivity contribution in [3.05, 3.63) is 95.1 Å². The SMILES string of the molecule is COc1cc(C(c2ccccc2C)N2CCCNCC2)ccc1OCc1ccccc1. The fourth-order valence-electron chi connectivity index (χ4n) is 4.31. The first-order chi connectivity index (χ1) is 15.3. The molecule has 3 aromatic rings. The van der Waals surface area contributed by atoms with Crippen LogP contribution in [0.5, 0.6) is 11.5 Å². The number of nitrogens with one attached hydrogen (secondary N) is 1. The van der Waals surface area contributed by atoms with Crippen LogP contribution in [0.15, 0.2) is 72.8 Å². The second-order valence-electron chi connectivity index (χ2n) is 8.08. The fraction of sp³-hybridized carbons (Fsp3) is 0.333. The second kappa shape index (κ2) is 10.5. The van der Waals surface area contributed by atoms with Gasteiger partial charge in [0.15, 0.2) is 11.5 Å². The number of aryl methyl sites for hydroxylation is 1. The molecule has 0 spiro atoms. The summed E-state index contributed by atoms with van der Waals surface area (Å²) in [6.07, 6.45) is 1.15. The third kappa shape index (κ3) is 5.27. The quantitative estimate of drug-likeness (QED) is 0.590. The lowest BCUT2D eigenvalue weighted by Gasteiger charge is -2.32. The first kappa shape index (κ1) is 21.4. The summed E-state index contributed by atoms with van der Waals surface area (Å²) in [7, 11) is 1.72. The summed E-state index contributed by atoms with van der Waals surface area (Å²) >= 11 is 0. The summed E-state index contributed by atoms with van der Waals surface area (Å²) in [4.78, 5) is 2.58. The van der Waals surface area contributed by atoms with Gasteiger partial charge in [0.05, 0.1) is 13.2 Å². The molecule has 0 amide bonds. The Balaban J connectivity index is 1.65. The standard InChI is InChI=1S/C27H32N2O2/c1-21-9-6-7-12-24(21)27(29-17-8-15-28-16-18-29)23-13-14-25(26(19-23)30-2)31-20-22-10-4-3-5-11-22/h3-7,9-14,19,27-28H,8,15-18,20H2,1-2H3. The molecule has 4 nitrogen and oxygen atoms in total. The van der Waals surface area contributed by atoms with Crippen LogP contribution in [0.3, 0.4) is 0 Å². The maximum Gasteiger partial charge on any atom is 0.161 e. The Morgan fingerprint density at radius 1 is 0.903 bits per heavy atom. The molecule has 1 aliphatic heterocycles. The monoisotopic (exact) mass is 416 g/mol. The molecule has 3 aromatic carbocycles. The molecule has 4 heteroatoms. The van der Waals surface area contributed by atoms with Gasteiger partial charge < -0.3 is 14.8 Å². The van der Waals surface area contributed by atoms with Crippen LogP contribution >= 0.6 is 0 Å². The van der Waals surface area contributed by atoms with Crippen molar-refractivity contribution in [1.29, 1.82) is 0 Å². The Labute approximate surface area is 185 Å². The molecule has 1 aliphatic rings. The first-order valence-electron chi connectivity index (χ1n) is 11.1. The molecule has 1 unspecified atom stereocenters. The summed E-state index contributed by atoms with van der Waals surface area (Å²) in [5.41, 5.74) is 5.04. The van der Waals surface area contributed by atoms with Crippen LogP contribution in [0.2, 0.25) is 0 Å². The minimum absolute atomic E-state index is 0.193. The van der Waals surface area contributed by atoms with E-state index >= 15 is 0 Å². The van der Waals surface area contributed by atoms with Crippen LogP contribution in [0.25, 0.3) is 0 Å². The van der Waals surface area contributed by atoms with E-state index < -0.39 is 0 Å². The molecule has 1 saturated heterocycles. The van der Waals surface area contributed by atoms with Crippen molar-refractivity contribution in [2.45, 2.75) is 26.0 Å². The highest BCUT2D eigenvalue weighted by Crippen LogP contribution is 2.37. The zero-order valence-corrected chi connectivity index (χ0v) is 18.5. The molecule has 0 saturated carbocycles. The van der Waals surface area contributed by atoms with Gasteiger partial charge in [0.1, 0.15) is 6.61 Å². The number of nitrogens with zero attached hydrogens (tertiary/aromatic N) is 1. The van der Waals surface area contributed by atoms with Crippen molar-refractivity contribution in [3.63, 3.8) is 0 Å². The Hall–Kier alpha value is -2.82. The topological polar surface area (TPSA) is 33.7 Å². The molecule has 0 bridgehead atoms. The average molecular weight is 417 g/mol. The van der Waals surface area contributed by atoms with E-state index in [0.717, 1.165) is 49.7 Å². The Morgan fingerprint density at radius 3 is 2.52 bits per heavy atom. The van der Waals surface area contributed by atoms with Crippen molar-refractivity contribution >= 4 is 0 Å². The van der Waals surface area contributed by atoms with Gasteiger partial charge >= 0.3 is 0 Å². The van der Waals surface area contributed by atoms with Gasteiger partial charge in [-0.3, -0.25) is 4.90 Å². The van der Waals surface area contributed by atoms with E-state index in [0.29, 0.717) is 6.61 Å². The number of rotatable bonds is 7. The molecule has 4 rings (SSSR count). The minimum atomic E-state index is 0.193. The van der Waals surface area contributed by atoms with Crippen LogP contribution in [0.4, 0.5) is 0 Å². The highest BCUT2D eigenvalue weighted by atomic mass is 16.5. The normalized spacial score (nSPS) is 15.8. The van der Waals surface area contributed by atoms with Crippen molar-refractivity contribution in [3.8, 4) is 11.5 Å². The van der Waals surface area contributed by atoms with Crippen LogP contribution in [0.1, 0.15) is 34.7 Å². The summed E-state index contributed by atoms with van der Waals surface area (Å²) in [5.74, 6) is 1.55. The summed E-state index contributed by atoms with van der Waals surface area (Å²) < 4.78 is 11.8. The van der Waals surface area contributed by atoms with Crippen LogP contribution in [-0.4, -0.2) is 38.2 Å². The minimum Gasteiger partial charge on any atom is -0.493 e. The first-order valence-corrected chi connectivity index (χ1v) is 11.1. The zero-order chi connectivity index (χ0) is 21.5. The van der Waals surface area contributed by atoms with E-state index in [9.17, 15) is 0 Å². The molecule has 0 radical (unpaired) electrons. The second-order valence-corrected chi connectivity index (χ2v) is 8.08. The van der Waals surface area contributed by atoms with Crippen LogP contribution in [-0.2, 0) is 6.61 Å². The zero-order valence-electron chi connectivity index (χ0n) is 18.5. The van der Waals surface area contributed by atoms with E-state index in [1.807, 2.05) is 18.2 Å². The highest BCUT2D eigenvalue weighted by Gasteiger charge is 2.25. The van der Waals surface area contributed by atoms with Gasteiger partial charge in [0.25, 0.3) is 0 Å². The highest BCUT2D eigenvalue weighted by molar-refractivity contribution is 5.47. The molecule has 1 N–H and O–H groups in total. The van der Waals surface area contributed by atoms with Gasteiger partial charge in [0.2, 0.25) is 0 Å². The average Bonchev–Trinajstić information content (AvgIpc) is 3.09. The molecule has 0 aromatic heterocycles. The fourth-order valence-corrected chi connectivity index (χ4v) is 4.31. The predicted octanol–water partition coefficient (Wildman–Crippen LogP) is 4.97. The lowest BCUT2D eigenvalue weighted by Crippen LogP contribution is -2.33. The molecular formula is C27H32N2O2. The summed E-state index contributed by atoms with van der Waals surface area (Å²) in [5, 5.41) is 3.53. The third-order valence-corrected chi connectivity index (χ3v) is 5.96. The predicted molar refractivity (Wildman–Crippen MR) is 126 cm³/mol. The molecule has 31 heavy (non-hydrogen) atoms. The van der Waals surface area contributed by atoms with E-state index in [4.69, 9.17) is 9.47 Å². The maximum atomic E-state index is 6.10. The van der Waals surface area contributed by atoms with Gasteiger partial charge in [-0.2, -0.15) is 0 Å². The van der Waals surface area contributed by atoms with Crippen LogP contribution in [0, 0.1) is 6.92 Å². The van der Waals surface area contributed by atoms with Gasteiger partial charge in [-0.15, -0.1) is 0 Å². The van der Waals surface area contributed by atoms with E-state index in [1.165, 1.54) is 16.7 Å². The van der Waals surface area contributed by atoms with Crippen molar-refractivity contribution in [2.75, 3.05) is 33.3 Å². The van der Waals surface area contributed by atoms with Gasteiger partial charge in [0, 0.05) is 19.6 Å². The number of hydrogen-bond donors (Lipinski definition) is 1. The largest absolute Gasteiger partial charge is 0.493 e. The Morgan fingerprint density at radius 2 is 1.71 bits per heavy atom. The van der Waals surface area contributed by atoms with E-state index in [2.05, 4.69) is 71.7 Å². The molecular weight excluding hydrogens is 384 g/mol. The maximum absolute atomic E-state index is 6.10. The van der Waals surface area contributed by atoms with Gasteiger partial charge in [-0.25, -0.2) is 0 Å². The van der Waals surface area contributed by atoms with Gasteiger partial charge in [-0.05, 0) is 54.3 Å². The lowest BCUT2D eigenvalue weighted by molar-refractivity contribution is 0.239. The van der Waals surface area contributed by atoms with Crippen molar-refractivity contribution in [1.82, 2.24) is 10.2 Å². The molecule has 1 fully saturated rings.